The molecule has 80 valence electrons. The van der Waals surface area contributed by atoms with Crippen LogP contribution in [0.2, 0.25) is 19.6 Å². The van der Waals surface area contributed by atoms with Crippen molar-refractivity contribution in [3.8, 4) is 0 Å². The van der Waals surface area contributed by atoms with Crippen molar-refractivity contribution in [1.82, 2.24) is 4.98 Å². The van der Waals surface area contributed by atoms with E-state index < -0.39 is 8.07 Å². The molecule has 0 aliphatic rings. The highest BCUT2D eigenvalue weighted by molar-refractivity contribution is 7.19. The molecular formula is C12H17NSSi. The van der Waals surface area contributed by atoms with Gasteiger partial charge in [0.1, 0.15) is 0 Å². The number of benzene rings is 1. The summed E-state index contributed by atoms with van der Waals surface area (Å²) in [5.41, 5.74) is 1.80. The summed E-state index contributed by atoms with van der Waals surface area (Å²) in [6.07, 6.45) is 0. The lowest BCUT2D eigenvalue weighted by atomic mass is 10.3. The van der Waals surface area contributed by atoms with Crippen LogP contribution >= 0.6 is 11.3 Å². The number of rotatable bonds is 2. The Morgan fingerprint density at radius 1 is 1.20 bits per heavy atom. The fourth-order valence-electron chi connectivity index (χ4n) is 1.45. The van der Waals surface area contributed by atoms with Gasteiger partial charge in [-0.05, 0) is 12.1 Å². The quantitative estimate of drug-likeness (QED) is 0.708. The molecule has 1 unspecified atom stereocenters. The number of fused-ring (bicyclic) bond motifs is 1. The zero-order valence-electron chi connectivity index (χ0n) is 9.74. The van der Waals surface area contributed by atoms with Crippen molar-refractivity contribution < 1.29 is 0 Å². The lowest BCUT2D eigenvalue weighted by Gasteiger charge is -2.22. The number of hydrogen-bond acceptors (Lipinski definition) is 2. The van der Waals surface area contributed by atoms with Gasteiger partial charge >= 0.3 is 0 Å². The molecule has 0 spiro atoms. The maximum absolute atomic E-state index is 4.73. The van der Waals surface area contributed by atoms with Gasteiger partial charge in [0.25, 0.3) is 0 Å². The molecule has 1 aromatic heterocycles. The summed E-state index contributed by atoms with van der Waals surface area (Å²) in [5, 5.41) is 1.32. The van der Waals surface area contributed by atoms with Gasteiger partial charge in [-0.25, -0.2) is 4.98 Å². The Morgan fingerprint density at radius 3 is 2.47 bits per heavy atom. The van der Waals surface area contributed by atoms with Crippen LogP contribution in [0.1, 0.15) is 17.5 Å². The molecular weight excluding hydrogens is 218 g/mol. The van der Waals surface area contributed by atoms with E-state index in [1.807, 2.05) is 11.3 Å². The minimum absolute atomic E-state index is 0.648. The first-order valence-electron chi connectivity index (χ1n) is 5.34. The minimum atomic E-state index is -1.12. The molecule has 0 aliphatic heterocycles. The van der Waals surface area contributed by atoms with Gasteiger partial charge in [0.2, 0.25) is 0 Å². The largest absolute Gasteiger partial charge is 0.241 e. The van der Waals surface area contributed by atoms with Gasteiger partial charge in [0, 0.05) is 5.54 Å². The maximum atomic E-state index is 4.73. The highest BCUT2D eigenvalue weighted by Gasteiger charge is 2.26. The van der Waals surface area contributed by atoms with Crippen molar-refractivity contribution in [2.45, 2.75) is 32.1 Å². The summed E-state index contributed by atoms with van der Waals surface area (Å²) >= 11 is 1.86. The summed E-state index contributed by atoms with van der Waals surface area (Å²) in [6, 6.07) is 8.41. The second kappa shape index (κ2) is 3.72. The Bertz CT molecular complexity index is 437. The van der Waals surface area contributed by atoms with E-state index in [-0.39, 0.29) is 0 Å². The predicted octanol–water partition coefficient (Wildman–Crippen LogP) is 4.28. The van der Waals surface area contributed by atoms with Crippen LogP contribution in [0.15, 0.2) is 24.3 Å². The molecule has 0 fully saturated rings. The third kappa shape index (κ3) is 2.13. The topological polar surface area (TPSA) is 12.9 Å². The Labute approximate surface area is 96.2 Å². The lowest BCUT2D eigenvalue weighted by Crippen LogP contribution is -2.28. The SMILES string of the molecule is CC(c1nc2ccccc2s1)[Si](C)(C)C. The third-order valence-electron chi connectivity index (χ3n) is 2.98. The van der Waals surface area contributed by atoms with Gasteiger partial charge in [-0.3, -0.25) is 0 Å². The van der Waals surface area contributed by atoms with Crippen LogP contribution in [0.4, 0.5) is 0 Å². The molecule has 1 nitrogen and oxygen atoms in total. The normalized spacial score (nSPS) is 14.4. The molecule has 15 heavy (non-hydrogen) atoms. The van der Waals surface area contributed by atoms with E-state index in [0.29, 0.717) is 5.54 Å². The van der Waals surface area contributed by atoms with Crippen molar-refractivity contribution in [2.75, 3.05) is 0 Å². The van der Waals surface area contributed by atoms with E-state index in [0.717, 1.165) is 5.52 Å². The van der Waals surface area contributed by atoms with Crippen LogP contribution in [-0.2, 0) is 0 Å². The Hall–Kier alpha value is -0.673. The second-order valence-corrected chi connectivity index (χ2v) is 11.8. The smallest absolute Gasteiger partial charge is 0.0940 e. The van der Waals surface area contributed by atoms with Crippen molar-refractivity contribution >= 4 is 29.6 Å². The van der Waals surface area contributed by atoms with Gasteiger partial charge in [-0.15, -0.1) is 11.3 Å². The van der Waals surface area contributed by atoms with Gasteiger partial charge in [0.15, 0.2) is 0 Å². The molecule has 1 heterocycles. The second-order valence-electron chi connectivity index (χ2n) is 5.11. The number of aromatic nitrogens is 1. The van der Waals surface area contributed by atoms with E-state index in [2.05, 4.69) is 50.8 Å². The van der Waals surface area contributed by atoms with E-state index in [1.165, 1.54) is 9.71 Å². The van der Waals surface area contributed by atoms with Gasteiger partial charge < -0.3 is 0 Å². The first kappa shape index (κ1) is 10.8. The minimum Gasteiger partial charge on any atom is -0.241 e. The molecule has 0 saturated heterocycles. The highest BCUT2D eigenvalue weighted by atomic mass is 32.1. The molecule has 0 radical (unpaired) electrons. The Morgan fingerprint density at radius 2 is 1.87 bits per heavy atom. The van der Waals surface area contributed by atoms with E-state index in [9.17, 15) is 0 Å². The lowest BCUT2D eigenvalue weighted by molar-refractivity contribution is 1.000. The van der Waals surface area contributed by atoms with Crippen molar-refractivity contribution in [3.63, 3.8) is 0 Å². The fourth-order valence-corrected chi connectivity index (χ4v) is 4.40. The number of hydrogen-bond donors (Lipinski definition) is 0. The predicted molar refractivity (Wildman–Crippen MR) is 71.4 cm³/mol. The molecule has 0 N–H and O–H groups in total. The molecule has 1 aromatic carbocycles. The average molecular weight is 235 g/mol. The van der Waals surface area contributed by atoms with Crippen LogP contribution in [0, 0.1) is 0 Å². The maximum Gasteiger partial charge on any atom is 0.0940 e. The molecule has 2 aromatic rings. The number of thiazole rings is 1. The van der Waals surface area contributed by atoms with Crippen molar-refractivity contribution in [2.24, 2.45) is 0 Å². The first-order chi connectivity index (χ1) is 6.98. The van der Waals surface area contributed by atoms with Gasteiger partial charge in [-0.1, -0.05) is 38.7 Å². The summed E-state index contributed by atoms with van der Waals surface area (Å²) < 4.78 is 1.32. The Kier molecular flexibility index (Phi) is 2.69. The van der Waals surface area contributed by atoms with Crippen LogP contribution in [0.3, 0.4) is 0 Å². The first-order valence-corrected chi connectivity index (χ1v) is 9.73. The van der Waals surface area contributed by atoms with E-state index in [1.54, 1.807) is 0 Å². The molecule has 0 aliphatic carbocycles. The van der Waals surface area contributed by atoms with Crippen molar-refractivity contribution in [1.29, 1.82) is 0 Å². The molecule has 0 bridgehead atoms. The summed E-state index contributed by atoms with van der Waals surface area (Å²) in [6.45, 7) is 9.54. The molecule has 3 heteroatoms. The van der Waals surface area contributed by atoms with Crippen LogP contribution < -0.4 is 0 Å². The third-order valence-corrected chi connectivity index (χ3v) is 7.28. The Balaban J connectivity index is 2.45. The number of nitrogens with zero attached hydrogens (tertiary/aromatic N) is 1. The summed E-state index contributed by atoms with van der Waals surface area (Å²) in [7, 11) is -1.12. The number of para-hydroxylation sites is 1. The van der Waals surface area contributed by atoms with E-state index in [4.69, 9.17) is 4.98 Å². The van der Waals surface area contributed by atoms with Crippen molar-refractivity contribution in [3.05, 3.63) is 29.3 Å². The van der Waals surface area contributed by atoms with Crippen LogP contribution in [0.5, 0.6) is 0 Å². The average Bonchev–Trinajstić information content (AvgIpc) is 2.58. The standard InChI is InChI=1S/C12H17NSSi/c1-9(15(2,3)4)12-13-10-7-5-6-8-11(10)14-12/h5-9H,1-4H3. The van der Waals surface area contributed by atoms with Gasteiger partial charge in [-0.2, -0.15) is 0 Å². The summed E-state index contributed by atoms with van der Waals surface area (Å²) in [5.74, 6) is 0. The molecule has 0 saturated carbocycles. The zero-order chi connectivity index (χ0) is 11.1. The van der Waals surface area contributed by atoms with Crippen LogP contribution in [-0.4, -0.2) is 13.1 Å². The fraction of sp³-hybridized carbons (Fsp3) is 0.417. The zero-order valence-corrected chi connectivity index (χ0v) is 11.6. The summed E-state index contributed by atoms with van der Waals surface area (Å²) in [4.78, 5) is 4.73. The van der Waals surface area contributed by atoms with Gasteiger partial charge in [0.05, 0.1) is 23.3 Å². The van der Waals surface area contributed by atoms with E-state index >= 15 is 0 Å². The van der Waals surface area contributed by atoms with Crippen LogP contribution in [0.25, 0.3) is 10.2 Å². The highest BCUT2D eigenvalue weighted by Crippen LogP contribution is 2.32. The molecule has 1 atom stereocenters. The molecule has 2 rings (SSSR count). The monoisotopic (exact) mass is 235 g/mol. The molecule has 0 amide bonds.